The monoisotopic (exact) mass is 390 g/mol. The first-order valence-electron chi connectivity index (χ1n) is 10.4. The number of carboxylic acids is 1. The molecule has 28 heavy (non-hydrogen) atoms. The minimum atomic E-state index is -0.784. The molecule has 0 bridgehead atoms. The number of allylic oxidation sites excluding steroid dienone is 2. The second-order valence-electron chi connectivity index (χ2n) is 7.95. The van der Waals surface area contributed by atoms with Gasteiger partial charge in [-0.1, -0.05) is 42.5 Å². The minimum Gasteiger partial charge on any atom is -0.481 e. The summed E-state index contributed by atoms with van der Waals surface area (Å²) in [6.07, 6.45) is 7.91. The third-order valence-electron chi connectivity index (χ3n) is 5.80. The Kier molecular flexibility index (Phi) is 9.68. The van der Waals surface area contributed by atoms with Crippen LogP contribution in [0.2, 0.25) is 0 Å². The Morgan fingerprint density at radius 3 is 2.50 bits per heavy atom. The molecule has 0 aromatic heterocycles. The molecule has 1 aromatic carbocycles. The van der Waals surface area contributed by atoms with E-state index in [1.165, 1.54) is 5.56 Å². The van der Waals surface area contributed by atoms with Crippen LogP contribution >= 0.6 is 0 Å². The highest BCUT2D eigenvalue weighted by Crippen LogP contribution is 2.38. The molecule has 0 saturated heterocycles. The molecule has 0 spiro atoms. The van der Waals surface area contributed by atoms with Crippen molar-refractivity contribution in [3.05, 3.63) is 48.0 Å². The van der Waals surface area contributed by atoms with Crippen molar-refractivity contribution in [3.63, 3.8) is 0 Å². The number of carbonyl (C=O) groups is 1. The van der Waals surface area contributed by atoms with E-state index in [-0.39, 0.29) is 18.3 Å². The average molecular weight is 391 g/mol. The van der Waals surface area contributed by atoms with Gasteiger partial charge in [0.05, 0.1) is 18.3 Å². The number of benzene rings is 1. The van der Waals surface area contributed by atoms with Crippen LogP contribution in [-0.4, -0.2) is 44.7 Å². The lowest BCUT2D eigenvalue weighted by atomic mass is 9.85. The molecule has 5 unspecified atom stereocenters. The molecule has 5 atom stereocenters. The molecule has 1 aromatic rings. The smallest absolute Gasteiger partial charge is 0.303 e. The fraction of sp³-hybridized carbons (Fsp3) is 0.609. The summed E-state index contributed by atoms with van der Waals surface area (Å²) < 4.78 is 0. The second-order valence-corrected chi connectivity index (χ2v) is 7.95. The molecule has 1 saturated carbocycles. The van der Waals surface area contributed by atoms with E-state index < -0.39 is 24.3 Å². The number of hydrogen-bond donors (Lipinski definition) is 4. The summed E-state index contributed by atoms with van der Waals surface area (Å²) in [6, 6.07) is 10.1. The Morgan fingerprint density at radius 2 is 1.79 bits per heavy atom. The zero-order valence-electron chi connectivity index (χ0n) is 16.5. The van der Waals surface area contributed by atoms with Crippen LogP contribution in [0.1, 0.15) is 56.9 Å². The van der Waals surface area contributed by atoms with Crippen LogP contribution in [0.15, 0.2) is 42.5 Å². The zero-order valence-corrected chi connectivity index (χ0v) is 16.5. The van der Waals surface area contributed by atoms with E-state index in [9.17, 15) is 20.1 Å². The maximum Gasteiger partial charge on any atom is 0.303 e. The fourth-order valence-corrected chi connectivity index (χ4v) is 4.16. The molecule has 0 radical (unpaired) electrons. The molecule has 5 heteroatoms. The van der Waals surface area contributed by atoms with E-state index in [4.69, 9.17) is 5.11 Å². The number of aliphatic hydroxyl groups is 3. The zero-order chi connectivity index (χ0) is 20.4. The summed E-state index contributed by atoms with van der Waals surface area (Å²) in [7, 11) is 0. The summed E-state index contributed by atoms with van der Waals surface area (Å²) in [5, 5.41) is 39.6. The molecule has 4 N–H and O–H groups in total. The van der Waals surface area contributed by atoms with Crippen LogP contribution in [0.5, 0.6) is 0 Å². The maximum absolute atomic E-state index is 10.5. The first kappa shape index (κ1) is 22.6. The molecule has 0 heterocycles. The Balaban J connectivity index is 1.74. The molecule has 1 fully saturated rings. The quantitative estimate of drug-likeness (QED) is 0.324. The van der Waals surface area contributed by atoms with Crippen molar-refractivity contribution < 1.29 is 25.2 Å². The van der Waals surface area contributed by atoms with Gasteiger partial charge >= 0.3 is 5.97 Å². The van der Waals surface area contributed by atoms with Crippen molar-refractivity contribution in [1.29, 1.82) is 0 Å². The lowest BCUT2D eigenvalue weighted by Crippen LogP contribution is -2.23. The van der Waals surface area contributed by atoms with E-state index >= 15 is 0 Å². The summed E-state index contributed by atoms with van der Waals surface area (Å²) in [5.74, 6) is -0.800. The van der Waals surface area contributed by atoms with E-state index in [0.29, 0.717) is 44.9 Å². The van der Waals surface area contributed by atoms with Gasteiger partial charge < -0.3 is 20.4 Å². The van der Waals surface area contributed by atoms with E-state index in [1.54, 1.807) is 0 Å². The number of rotatable bonds is 12. The number of aryl methyl sites for hydroxylation is 1. The molecule has 0 amide bonds. The third-order valence-corrected chi connectivity index (χ3v) is 5.80. The molecular formula is C23H34O5. The lowest BCUT2D eigenvalue weighted by molar-refractivity contribution is -0.137. The van der Waals surface area contributed by atoms with Gasteiger partial charge in [-0.3, -0.25) is 4.79 Å². The number of aliphatic hydroxyl groups excluding tert-OH is 3. The normalized spacial score (nSPS) is 26.0. The fourth-order valence-electron chi connectivity index (χ4n) is 4.16. The first-order valence-corrected chi connectivity index (χ1v) is 10.4. The van der Waals surface area contributed by atoms with E-state index in [1.807, 2.05) is 30.4 Å². The predicted octanol–water partition coefficient (Wildman–Crippen LogP) is 3.32. The predicted molar refractivity (Wildman–Crippen MR) is 109 cm³/mol. The van der Waals surface area contributed by atoms with Gasteiger partial charge in [-0.2, -0.15) is 0 Å². The number of aliphatic carboxylic acids is 1. The standard InChI is InChI=1S/C23H34O5/c24-18(13-12-17-8-4-3-5-9-17)14-15-20-19(21(25)16-22(20)26)10-6-1-2-7-11-23(27)28/h1,3-6,8-9,18-22,24-26H,2,7,10-16H2,(H,27,28)/b6-1+. The Labute approximate surface area is 167 Å². The van der Waals surface area contributed by atoms with E-state index in [0.717, 1.165) is 6.42 Å². The summed E-state index contributed by atoms with van der Waals surface area (Å²) in [6.45, 7) is 0. The lowest BCUT2D eigenvalue weighted by Gasteiger charge is -2.23. The molecule has 156 valence electrons. The van der Waals surface area contributed by atoms with Gasteiger partial charge in [-0.25, -0.2) is 0 Å². The van der Waals surface area contributed by atoms with Crippen molar-refractivity contribution in [3.8, 4) is 0 Å². The summed E-state index contributed by atoms with van der Waals surface area (Å²) in [4.78, 5) is 10.5. The highest BCUT2D eigenvalue weighted by atomic mass is 16.4. The first-order chi connectivity index (χ1) is 13.5. The molecular weight excluding hydrogens is 356 g/mol. The number of hydrogen-bond acceptors (Lipinski definition) is 4. The van der Waals surface area contributed by atoms with Crippen molar-refractivity contribution in [2.24, 2.45) is 11.8 Å². The number of carboxylic acid groups (broad SMARTS) is 1. The van der Waals surface area contributed by atoms with Crippen LogP contribution in [-0.2, 0) is 11.2 Å². The van der Waals surface area contributed by atoms with Crippen molar-refractivity contribution in [2.75, 3.05) is 0 Å². The van der Waals surface area contributed by atoms with Crippen LogP contribution < -0.4 is 0 Å². The maximum atomic E-state index is 10.5. The minimum absolute atomic E-state index is 0.00736. The second kappa shape index (κ2) is 12.0. The number of unbranched alkanes of at least 4 members (excludes halogenated alkanes) is 1. The Bertz CT molecular complexity index is 600. The molecule has 1 aliphatic rings. The summed E-state index contributed by atoms with van der Waals surface area (Å²) >= 11 is 0. The van der Waals surface area contributed by atoms with Gasteiger partial charge in [0.1, 0.15) is 0 Å². The molecule has 2 rings (SSSR count). The van der Waals surface area contributed by atoms with Crippen molar-refractivity contribution >= 4 is 5.97 Å². The van der Waals surface area contributed by atoms with Gasteiger partial charge in [-0.05, 0) is 68.8 Å². The van der Waals surface area contributed by atoms with Crippen LogP contribution in [0.4, 0.5) is 0 Å². The summed E-state index contributed by atoms with van der Waals surface area (Å²) in [5.41, 5.74) is 1.21. The van der Waals surface area contributed by atoms with Gasteiger partial charge in [-0.15, -0.1) is 0 Å². The van der Waals surface area contributed by atoms with E-state index in [2.05, 4.69) is 12.1 Å². The third kappa shape index (κ3) is 7.74. The van der Waals surface area contributed by atoms with Gasteiger partial charge in [0.25, 0.3) is 0 Å². The molecule has 0 aliphatic heterocycles. The molecule has 1 aliphatic carbocycles. The highest BCUT2D eigenvalue weighted by molar-refractivity contribution is 5.66. The van der Waals surface area contributed by atoms with Crippen LogP contribution in [0, 0.1) is 11.8 Å². The van der Waals surface area contributed by atoms with Crippen LogP contribution in [0.25, 0.3) is 0 Å². The average Bonchev–Trinajstić information content (AvgIpc) is 2.94. The largest absolute Gasteiger partial charge is 0.481 e. The van der Waals surface area contributed by atoms with Gasteiger partial charge in [0.15, 0.2) is 0 Å². The van der Waals surface area contributed by atoms with Gasteiger partial charge in [0.2, 0.25) is 0 Å². The Morgan fingerprint density at radius 1 is 1.07 bits per heavy atom. The van der Waals surface area contributed by atoms with Gasteiger partial charge in [0, 0.05) is 6.42 Å². The van der Waals surface area contributed by atoms with Crippen molar-refractivity contribution in [2.45, 2.75) is 76.1 Å². The molecule has 5 nitrogen and oxygen atoms in total. The van der Waals surface area contributed by atoms with Crippen molar-refractivity contribution in [1.82, 2.24) is 0 Å². The topological polar surface area (TPSA) is 98.0 Å². The Hall–Kier alpha value is -1.69. The van der Waals surface area contributed by atoms with Crippen LogP contribution in [0.3, 0.4) is 0 Å². The highest BCUT2D eigenvalue weighted by Gasteiger charge is 2.40. The SMILES string of the molecule is O=C(O)CCC/C=C/CC1C(O)CC(O)C1CCC(O)CCc1ccccc1.